The number of amidine groups is 1. The molecule has 0 bridgehead atoms. The maximum atomic E-state index is 12.9. The number of rotatable bonds is 7. The quantitative estimate of drug-likeness (QED) is 0.322. The highest BCUT2D eigenvalue weighted by molar-refractivity contribution is 7.89. The number of aliphatic hydroxyl groups excluding tert-OH is 1. The Morgan fingerprint density at radius 2 is 1.82 bits per heavy atom. The van der Waals surface area contributed by atoms with Gasteiger partial charge in [-0.15, -0.1) is 0 Å². The van der Waals surface area contributed by atoms with E-state index in [1.165, 1.54) is 67.5 Å². The molecule has 2 aromatic rings. The molecule has 1 saturated heterocycles. The number of aliphatic hydroxyl groups is 1. The first kappa shape index (κ1) is 24.3. The van der Waals surface area contributed by atoms with Gasteiger partial charge in [-0.25, -0.2) is 12.7 Å². The topological polar surface area (TPSA) is 166 Å². The van der Waals surface area contributed by atoms with Crippen LogP contribution in [0.25, 0.3) is 0 Å². The van der Waals surface area contributed by atoms with Crippen LogP contribution in [0.4, 0.5) is 11.4 Å². The molecule has 176 valence electrons. The van der Waals surface area contributed by atoms with E-state index < -0.39 is 34.0 Å². The SMILES string of the molecule is CN(C)S(=O)(=O)c1ccc(N2CCO[C@H]([C@@H](O)C(=O)Nc3ccc(C(=N)N)cc3)C2=O)cc1. The fourth-order valence-corrected chi connectivity index (χ4v) is 4.09. The highest BCUT2D eigenvalue weighted by Crippen LogP contribution is 2.23. The standard InChI is InChI=1S/C21H25N5O6S/c1-25(2)33(30,31)16-9-7-15(8-10-16)26-11-12-32-18(21(26)29)17(27)20(28)24-14-5-3-13(4-6-14)19(22)23/h3-10,17-18,27H,11-12H2,1-2H3,(H3,22,23)(H,24,28)/t17-,18-/m1/s1. The van der Waals surface area contributed by atoms with E-state index in [2.05, 4.69) is 5.32 Å². The number of nitrogens with one attached hydrogen (secondary N) is 2. The smallest absolute Gasteiger partial charge is 0.259 e. The van der Waals surface area contributed by atoms with Gasteiger partial charge in [-0.2, -0.15) is 0 Å². The highest BCUT2D eigenvalue weighted by Gasteiger charge is 2.39. The van der Waals surface area contributed by atoms with Crippen molar-refractivity contribution in [2.24, 2.45) is 5.73 Å². The summed E-state index contributed by atoms with van der Waals surface area (Å²) in [7, 11) is -0.777. The number of carbonyl (C=O) groups is 2. The number of sulfonamides is 1. The molecule has 33 heavy (non-hydrogen) atoms. The molecule has 0 spiro atoms. The number of nitrogens with two attached hydrogens (primary N) is 1. The Hall–Kier alpha value is -3.32. The first-order valence-corrected chi connectivity index (χ1v) is 11.4. The van der Waals surface area contributed by atoms with Gasteiger partial charge in [0.1, 0.15) is 5.84 Å². The zero-order chi connectivity index (χ0) is 24.3. The Morgan fingerprint density at radius 3 is 2.36 bits per heavy atom. The maximum Gasteiger partial charge on any atom is 0.259 e. The number of hydrogen-bond acceptors (Lipinski definition) is 7. The molecule has 0 aliphatic carbocycles. The van der Waals surface area contributed by atoms with E-state index in [-0.39, 0.29) is 23.9 Å². The van der Waals surface area contributed by atoms with Gasteiger partial charge in [0.2, 0.25) is 10.0 Å². The number of nitrogens with zero attached hydrogens (tertiary/aromatic N) is 2. The normalized spacial score (nSPS) is 17.6. The lowest BCUT2D eigenvalue weighted by Crippen LogP contribution is -2.55. The second-order valence-electron chi connectivity index (χ2n) is 7.49. The molecule has 2 amide bonds. The summed E-state index contributed by atoms with van der Waals surface area (Å²) in [4.78, 5) is 26.8. The van der Waals surface area contributed by atoms with E-state index in [1.807, 2.05) is 0 Å². The predicted molar refractivity (Wildman–Crippen MR) is 122 cm³/mol. The summed E-state index contributed by atoms with van der Waals surface area (Å²) >= 11 is 0. The van der Waals surface area contributed by atoms with E-state index in [0.29, 0.717) is 16.9 Å². The van der Waals surface area contributed by atoms with Gasteiger partial charge in [-0.3, -0.25) is 15.0 Å². The van der Waals surface area contributed by atoms with Crippen LogP contribution in [0.5, 0.6) is 0 Å². The van der Waals surface area contributed by atoms with E-state index in [9.17, 15) is 23.1 Å². The molecular formula is C21H25N5O6S. The van der Waals surface area contributed by atoms with Gasteiger partial charge < -0.3 is 25.8 Å². The second-order valence-corrected chi connectivity index (χ2v) is 9.64. The lowest BCUT2D eigenvalue weighted by atomic mass is 10.1. The molecular weight excluding hydrogens is 450 g/mol. The van der Waals surface area contributed by atoms with Crippen molar-refractivity contribution in [3.8, 4) is 0 Å². The summed E-state index contributed by atoms with van der Waals surface area (Å²) in [5, 5.41) is 20.3. The fourth-order valence-electron chi connectivity index (χ4n) is 3.18. The molecule has 0 radical (unpaired) electrons. The van der Waals surface area contributed by atoms with Crippen LogP contribution in [0.3, 0.4) is 0 Å². The number of benzene rings is 2. The summed E-state index contributed by atoms with van der Waals surface area (Å²) in [5.74, 6) is -1.58. The Bertz CT molecular complexity index is 1150. The number of amides is 2. The van der Waals surface area contributed by atoms with Gasteiger partial charge in [0, 0.05) is 37.6 Å². The fraction of sp³-hybridized carbons (Fsp3) is 0.286. The van der Waals surface area contributed by atoms with Crippen LogP contribution in [0.1, 0.15) is 5.56 Å². The largest absolute Gasteiger partial charge is 0.384 e. The molecule has 2 aromatic carbocycles. The number of anilines is 2. The molecule has 2 atom stereocenters. The second kappa shape index (κ2) is 9.67. The summed E-state index contributed by atoms with van der Waals surface area (Å²) < 4.78 is 30.9. The van der Waals surface area contributed by atoms with Gasteiger partial charge >= 0.3 is 0 Å². The van der Waals surface area contributed by atoms with E-state index in [0.717, 1.165) is 4.31 Å². The number of carbonyl (C=O) groups excluding carboxylic acids is 2. The summed E-state index contributed by atoms with van der Waals surface area (Å²) in [6, 6.07) is 11.8. The average Bonchev–Trinajstić information content (AvgIpc) is 2.79. The Kier molecular flexibility index (Phi) is 7.12. The minimum absolute atomic E-state index is 0.0729. The van der Waals surface area contributed by atoms with Crippen molar-refractivity contribution in [3.05, 3.63) is 54.1 Å². The Morgan fingerprint density at radius 1 is 1.21 bits per heavy atom. The van der Waals surface area contributed by atoms with Crippen LogP contribution in [0.2, 0.25) is 0 Å². The molecule has 12 heteroatoms. The van der Waals surface area contributed by atoms with Crippen molar-refractivity contribution in [1.29, 1.82) is 5.41 Å². The van der Waals surface area contributed by atoms with Crippen LogP contribution in [-0.2, 0) is 24.3 Å². The van der Waals surface area contributed by atoms with Crippen LogP contribution >= 0.6 is 0 Å². The van der Waals surface area contributed by atoms with Gasteiger partial charge in [-0.1, -0.05) is 0 Å². The zero-order valence-electron chi connectivity index (χ0n) is 18.1. The molecule has 0 saturated carbocycles. The molecule has 0 unspecified atom stereocenters. The third-order valence-corrected chi connectivity index (χ3v) is 6.90. The Balaban J connectivity index is 1.71. The van der Waals surface area contributed by atoms with E-state index >= 15 is 0 Å². The molecule has 11 nitrogen and oxygen atoms in total. The van der Waals surface area contributed by atoms with Gasteiger partial charge in [-0.05, 0) is 48.5 Å². The van der Waals surface area contributed by atoms with Crippen molar-refractivity contribution < 1.29 is 27.9 Å². The predicted octanol–water partition coefficient (Wildman–Crippen LogP) is -0.0476. The van der Waals surface area contributed by atoms with E-state index in [1.54, 1.807) is 0 Å². The average molecular weight is 476 g/mol. The lowest BCUT2D eigenvalue weighted by molar-refractivity contribution is -0.150. The zero-order valence-corrected chi connectivity index (χ0v) is 18.9. The van der Waals surface area contributed by atoms with Crippen molar-refractivity contribution in [2.75, 3.05) is 37.5 Å². The molecule has 0 aromatic heterocycles. The molecule has 5 N–H and O–H groups in total. The van der Waals surface area contributed by atoms with Crippen LogP contribution in [0, 0.1) is 5.41 Å². The van der Waals surface area contributed by atoms with Crippen molar-refractivity contribution >= 4 is 39.0 Å². The lowest BCUT2D eigenvalue weighted by Gasteiger charge is -2.34. The first-order valence-electron chi connectivity index (χ1n) is 9.91. The van der Waals surface area contributed by atoms with Crippen molar-refractivity contribution in [1.82, 2.24) is 4.31 Å². The van der Waals surface area contributed by atoms with Gasteiger partial charge in [0.15, 0.2) is 12.2 Å². The van der Waals surface area contributed by atoms with Crippen molar-refractivity contribution in [2.45, 2.75) is 17.1 Å². The molecule has 1 fully saturated rings. The summed E-state index contributed by atoms with van der Waals surface area (Å²) in [6.45, 7) is 0.252. The van der Waals surface area contributed by atoms with Crippen LogP contribution in [-0.4, -0.2) is 74.9 Å². The van der Waals surface area contributed by atoms with Gasteiger partial charge in [0.05, 0.1) is 11.5 Å². The number of hydrogen-bond donors (Lipinski definition) is 4. The highest BCUT2D eigenvalue weighted by atomic mass is 32.2. The monoisotopic (exact) mass is 475 g/mol. The third kappa shape index (κ3) is 5.20. The molecule has 1 aliphatic rings. The Labute approximate surface area is 191 Å². The molecule has 1 heterocycles. The summed E-state index contributed by atoms with van der Waals surface area (Å²) in [5.41, 5.74) is 6.63. The van der Waals surface area contributed by atoms with Crippen LogP contribution in [0.15, 0.2) is 53.4 Å². The number of morpholine rings is 1. The number of nitrogen functional groups attached to an aromatic ring is 1. The summed E-state index contributed by atoms with van der Waals surface area (Å²) in [6.07, 6.45) is -3.21. The van der Waals surface area contributed by atoms with Crippen molar-refractivity contribution in [3.63, 3.8) is 0 Å². The minimum Gasteiger partial charge on any atom is -0.384 e. The first-order chi connectivity index (χ1) is 15.5. The van der Waals surface area contributed by atoms with Gasteiger partial charge in [0.25, 0.3) is 11.8 Å². The van der Waals surface area contributed by atoms with Crippen LogP contribution < -0.4 is 16.0 Å². The van der Waals surface area contributed by atoms with E-state index in [4.69, 9.17) is 15.9 Å². The molecule has 3 rings (SSSR count). The number of ether oxygens (including phenoxy) is 1. The maximum absolute atomic E-state index is 12.9. The minimum atomic E-state index is -3.62. The third-order valence-electron chi connectivity index (χ3n) is 5.07. The molecule has 1 aliphatic heterocycles.